The molecule has 1 amide bonds. The van der Waals surface area contributed by atoms with E-state index in [1.807, 2.05) is 0 Å². The van der Waals surface area contributed by atoms with E-state index < -0.39 is 0 Å². The molecule has 2 N–H and O–H groups in total. The van der Waals surface area contributed by atoms with Crippen molar-refractivity contribution in [3.05, 3.63) is 0 Å². The Morgan fingerprint density at radius 1 is 1.53 bits per heavy atom. The van der Waals surface area contributed by atoms with Gasteiger partial charge in [-0.05, 0) is 19.3 Å². The Labute approximate surface area is 90.8 Å². The normalized spacial score (nSPS) is 30.2. The fourth-order valence-electron chi connectivity index (χ4n) is 2.06. The van der Waals surface area contributed by atoms with E-state index in [0.29, 0.717) is 0 Å². The number of hydrogen-bond donors (Lipinski definition) is 2. The Hall–Kier alpha value is -0.610. The van der Waals surface area contributed by atoms with Crippen LogP contribution in [0.15, 0.2) is 0 Å². The van der Waals surface area contributed by atoms with Gasteiger partial charge in [-0.1, -0.05) is 6.92 Å². The number of amides is 1. The first kappa shape index (κ1) is 10.9. The van der Waals surface area contributed by atoms with Crippen LogP contribution in [0.25, 0.3) is 0 Å². The zero-order valence-electron chi connectivity index (χ0n) is 9.34. The van der Waals surface area contributed by atoms with Gasteiger partial charge in [-0.15, -0.1) is 0 Å². The minimum absolute atomic E-state index is 0.00456. The van der Waals surface area contributed by atoms with Crippen LogP contribution in [0.2, 0.25) is 0 Å². The quantitative estimate of drug-likeness (QED) is 0.706. The van der Waals surface area contributed by atoms with Gasteiger partial charge < -0.3 is 15.4 Å². The van der Waals surface area contributed by atoms with Crippen molar-refractivity contribution in [1.82, 2.24) is 10.6 Å². The van der Waals surface area contributed by atoms with Crippen molar-refractivity contribution < 1.29 is 9.53 Å². The zero-order valence-corrected chi connectivity index (χ0v) is 9.34. The molecule has 0 bridgehead atoms. The minimum Gasteiger partial charge on any atom is -0.380 e. The van der Waals surface area contributed by atoms with Crippen molar-refractivity contribution in [3.63, 3.8) is 0 Å². The van der Waals surface area contributed by atoms with E-state index >= 15 is 0 Å². The molecule has 1 unspecified atom stereocenters. The van der Waals surface area contributed by atoms with E-state index in [-0.39, 0.29) is 17.4 Å². The Morgan fingerprint density at radius 2 is 2.33 bits per heavy atom. The summed E-state index contributed by atoms with van der Waals surface area (Å²) in [4.78, 5) is 11.6. The maximum atomic E-state index is 11.6. The molecule has 0 saturated carbocycles. The second-order valence-corrected chi connectivity index (χ2v) is 5.02. The van der Waals surface area contributed by atoms with Gasteiger partial charge >= 0.3 is 0 Å². The Bertz CT molecular complexity index is 239. The van der Waals surface area contributed by atoms with E-state index in [1.165, 1.54) is 0 Å². The first-order valence-electron chi connectivity index (χ1n) is 5.78. The summed E-state index contributed by atoms with van der Waals surface area (Å²) < 4.78 is 5.19. The molecule has 0 radical (unpaired) electrons. The second-order valence-electron chi connectivity index (χ2n) is 5.02. The molecule has 2 heterocycles. The van der Waals surface area contributed by atoms with E-state index in [4.69, 9.17) is 4.74 Å². The van der Waals surface area contributed by atoms with Crippen molar-refractivity contribution in [2.75, 3.05) is 26.3 Å². The molecule has 0 spiro atoms. The molecule has 2 fully saturated rings. The van der Waals surface area contributed by atoms with Gasteiger partial charge in [0.1, 0.15) is 0 Å². The molecule has 2 saturated heterocycles. The topological polar surface area (TPSA) is 50.4 Å². The number of hydrogen-bond acceptors (Lipinski definition) is 3. The molecule has 0 aromatic carbocycles. The summed E-state index contributed by atoms with van der Waals surface area (Å²) in [7, 11) is 0. The molecule has 2 aliphatic rings. The number of ether oxygens (including phenoxy) is 1. The van der Waals surface area contributed by atoms with Gasteiger partial charge in [-0.2, -0.15) is 0 Å². The number of carbonyl (C=O) groups excluding carboxylic acids is 1. The lowest BCUT2D eigenvalue weighted by Crippen LogP contribution is -2.52. The first-order valence-corrected chi connectivity index (χ1v) is 5.78. The van der Waals surface area contributed by atoms with Gasteiger partial charge in [0.15, 0.2) is 0 Å². The van der Waals surface area contributed by atoms with Crippen LogP contribution in [0.5, 0.6) is 0 Å². The van der Waals surface area contributed by atoms with Crippen molar-refractivity contribution in [3.8, 4) is 0 Å². The fourth-order valence-corrected chi connectivity index (χ4v) is 2.06. The van der Waals surface area contributed by atoms with Crippen LogP contribution in [0.3, 0.4) is 0 Å². The molecular formula is C11H20N2O2. The molecule has 0 aromatic rings. The molecular weight excluding hydrogens is 192 g/mol. The predicted molar refractivity (Wildman–Crippen MR) is 57.6 cm³/mol. The van der Waals surface area contributed by atoms with E-state index in [1.54, 1.807) is 0 Å². The van der Waals surface area contributed by atoms with Crippen LogP contribution in [0, 0.1) is 5.41 Å². The monoisotopic (exact) mass is 212 g/mol. The molecule has 15 heavy (non-hydrogen) atoms. The average molecular weight is 212 g/mol. The third-order valence-electron chi connectivity index (χ3n) is 3.21. The molecule has 2 rings (SSSR count). The van der Waals surface area contributed by atoms with Crippen molar-refractivity contribution in [2.45, 2.75) is 32.2 Å². The lowest BCUT2D eigenvalue weighted by Gasteiger charge is -2.39. The van der Waals surface area contributed by atoms with Crippen LogP contribution in [-0.2, 0) is 9.53 Å². The van der Waals surface area contributed by atoms with Gasteiger partial charge in [0.05, 0.1) is 19.3 Å². The van der Waals surface area contributed by atoms with Crippen molar-refractivity contribution in [1.29, 1.82) is 0 Å². The smallest absolute Gasteiger partial charge is 0.237 e. The van der Waals surface area contributed by atoms with Crippen molar-refractivity contribution in [2.24, 2.45) is 5.41 Å². The maximum Gasteiger partial charge on any atom is 0.237 e. The van der Waals surface area contributed by atoms with Gasteiger partial charge in [0.2, 0.25) is 5.91 Å². The molecule has 2 aliphatic heterocycles. The predicted octanol–water partition coefficient (Wildman–Crippen LogP) is 0.281. The van der Waals surface area contributed by atoms with E-state index in [9.17, 15) is 4.79 Å². The third kappa shape index (κ3) is 2.69. The van der Waals surface area contributed by atoms with Crippen LogP contribution in [-0.4, -0.2) is 38.3 Å². The average Bonchev–Trinajstić information content (AvgIpc) is 2.37. The Balaban J connectivity index is 1.79. The Kier molecular flexibility index (Phi) is 3.26. The van der Waals surface area contributed by atoms with E-state index in [2.05, 4.69) is 17.6 Å². The van der Waals surface area contributed by atoms with Gasteiger partial charge in [0.25, 0.3) is 0 Å². The molecule has 0 aromatic heterocycles. The summed E-state index contributed by atoms with van der Waals surface area (Å²) in [6.07, 6.45) is 3.19. The zero-order chi connectivity index (χ0) is 10.7. The lowest BCUT2D eigenvalue weighted by molar-refractivity contribution is -0.124. The van der Waals surface area contributed by atoms with Gasteiger partial charge in [-0.3, -0.25) is 4.79 Å². The first-order chi connectivity index (χ1) is 7.20. The SMILES string of the molecule is CC1(CNC2CCCCNC2=O)COC1. The fraction of sp³-hybridized carbons (Fsp3) is 0.909. The summed E-state index contributed by atoms with van der Waals surface area (Å²) in [6.45, 7) is 5.53. The summed E-state index contributed by atoms with van der Waals surface area (Å²) in [5.74, 6) is 0.163. The highest BCUT2D eigenvalue weighted by atomic mass is 16.5. The summed E-state index contributed by atoms with van der Waals surface area (Å²) >= 11 is 0. The highest BCUT2D eigenvalue weighted by Gasteiger charge is 2.34. The van der Waals surface area contributed by atoms with E-state index in [0.717, 1.165) is 45.6 Å². The van der Waals surface area contributed by atoms with Crippen LogP contribution >= 0.6 is 0 Å². The van der Waals surface area contributed by atoms with Crippen LogP contribution < -0.4 is 10.6 Å². The molecule has 1 atom stereocenters. The lowest BCUT2D eigenvalue weighted by atomic mass is 9.88. The summed E-state index contributed by atoms with van der Waals surface area (Å²) in [6, 6.07) is 0.00456. The number of carbonyl (C=O) groups is 1. The van der Waals surface area contributed by atoms with Crippen LogP contribution in [0.4, 0.5) is 0 Å². The van der Waals surface area contributed by atoms with Crippen LogP contribution in [0.1, 0.15) is 26.2 Å². The number of nitrogens with one attached hydrogen (secondary N) is 2. The molecule has 86 valence electrons. The summed E-state index contributed by atoms with van der Waals surface area (Å²) in [5.41, 5.74) is 0.243. The van der Waals surface area contributed by atoms with Gasteiger partial charge in [0, 0.05) is 18.5 Å². The standard InChI is InChI=1S/C11H20N2O2/c1-11(7-15-8-11)6-13-9-4-2-3-5-12-10(9)14/h9,13H,2-8H2,1H3,(H,12,14). The summed E-state index contributed by atoms with van der Waals surface area (Å²) in [5, 5.41) is 6.30. The molecule has 4 heteroatoms. The highest BCUT2D eigenvalue weighted by Crippen LogP contribution is 2.25. The molecule has 0 aliphatic carbocycles. The third-order valence-corrected chi connectivity index (χ3v) is 3.21. The van der Waals surface area contributed by atoms with Gasteiger partial charge in [-0.25, -0.2) is 0 Å². The second kappa shape index (κ2) is 4.49. The maximum absolute atomic E-state index is 11.6. The number of rotatable bonds is 3. The highest BCUT2D eigenvalue weighted by molar-refractivity contribution is 5.81. The molecule has 4 nitrogen and oxygen atoms in total. The minimum atomic E-state index is 0.00456. The largest absolute Gasteiger partial charge is 0.380 e. The van der Waals surface area contributed by atoms with Crippen molar-refractivity contribution >= 4 is 5.91 Å². The Morgan fingerprint density at radius 3 is 3.00 bits per heavy atom.